The van der Waals surface area contributed by atoms with Crippen molar-refractivity contribution in [3.8, 4) is 0 Å². The van der Waals surface area contributed by atoms with Crippen LogP contribution in [0.25, 0.3) is 0 Å². The van der Waals surface area contributed by atoms with E-state index < -0.39 is 0 Å². The largest absolute Gasteiger partial charge is 0.313 e. The van der Waals surface area contributed by atoms with Gasteiger partial charge >= 0.3 is 0 Å². The first-order valence-electron chi connectivity index (χ1n) is 7.16. The normalized spacial score (nSPS) is 19.5. The van der Waals surface area contributed by atoms with Crippen molar-refractivity contribution in [3.63, 3.8) is 0 Å². The molecule has 0 aromatic heterocycles. The minimum absolute atomic E-state index is 0.498. The number of aryl methyl sites for hydroxylation is 1. The average Bonchev–Trinajstić information content (AvgIpc) is 2.64. The third kappa shape index (κ3) is 3.16. The molecule has 1 unspecified atom stereocenters. The Morgan fingerprint density at radius 2 is 1.83 bits per heavy atom. The lowest BCUT2D eigenvalue weighted by molar-refractivity contribution is 0.340. The summed E-state index contributed by atoms with van der Waals surface area (Å²) in [6.07, 6.45) is 8.36. The maximum absolute atomic E-state index is 3.77. The van der Waals surface area contributed by atoms with Crippen molar-refractivity contribution in [2.45, 2.75) is 51.5 Å². The number of nitrogens with one attached hydrogen (secondary N) is 1. The number of halogens is 1. The summed E-state index contributed by atoms with van der Waals surface area (Å²) in [5, 5.41) is 3.55. The van der Waals surface area contributed by atoms with Gasteiger partial charge in [0.15, 0.2) is 0 Å². The monoisotopic (exact) mass is 309 g/mol. The maximum atomic E-state index is 3.77. The predicted octanol–water partition coefficient (Wildman–Crippen LogP) is 4.99. The Hall–Kier alpha value is -0.340. The molecule has 1 saturated carbocycles. The van der Waals surface area contributed by atoms with E-state index in [2.05, 4.69) is 53.4 Å². The van der Waals surface area contributed by atoms with Crippen LogP contribution in [0.3, 0.4) is 0 Å². The molecule has 100 valence electrons. The number of hydrogen-bond donors (Lipinski definition) is 1. The molecule has 0 bridgehead atoms. The number of rotatable bonds is 3. The summed E-state index contributed by atoms with van der Waals surface area (Å²) in [5.41, 5.74) is 2.77. The summed E-state index contributed by atoms with van der Waals surface area (Å²) in [5.74, 6) is 0.788. The molecule has 1 fully saturated rings. The second kappa shape index (κ2) is 6.72. The number of benzene rings is 1. The lowest BCUT2D eigenvalue weighted by Gasteiger charge is -2.27. The van der Waals surface area contributed by atoms with Crippen LogP contribution >= 0.6 is 15.9 Å². The first-order chi connectivity index (χ1) is 8.74. The van der Waals surface area contributed by atoms with Crippen molar-refractivity contribution in [2.75, 3.05) is 7.05 Å². The van der Waals surface area contributed by atoms with Crippen molar-refractivity contribution >= 4 is 15.9 Å². The predicted molar refractivity (Wildman–Crippen MR) is 81.9 cm³/mol. The van der Waals surface area contributed by atoms with Crippen LogP contribution in [0.2, 0.25) is 0 Å². The second-order valence-corrected chi connectivity index (χ2v) is 6.29. The van der Waals surface area contributed by atoms with Gasteiger partial charge in [0.2, 0.25) is 0 Å². The Labute approximate surface area is 119 Å². The van der Waals surface area contributed by atoms with E-state index in [1.165, 1.54) is 54.1 Å². The minimum atomic E-state index is 0.498. The standard InChI is InChI=1S/C16H24BrN/c1-12-8-7-11-14(15(12)17)16(18-2)13-9-5-3-4-6-10-13/h7-8,11,13,16,18H,3-6,9-10H2,1-2H3. The van der Waals surface area contributed by atoms with E-state index in [1.807, 2.05) is 0 Å². The molecule has 0 radical (unpaired) electrons. The average molecular weight is 310 g/mol. The maximum Gasteiger partial charge on any atom is 0.0357 e. The zero-order valence-corrected chi connectivity index (χ0v) is 13.1. The second-order valence-electron chi connectivity index (χ2n) is 5.50. The summed E-state index contributed by atoms with van der Waals surface area (Å²) < 4.78 is 1.29. The smallest absolute Gasteiger partial charge is 0.0357 e. The molecule has 0 heterocycles. The Balaban J connectivity index is 2.23. The van der Waals surface area contributed by atoms with E-state index in [-0.39, 0.29) is 0 Å². The summed E-state index contributed by atoms with van der Waals surface area (Å²) in [6, 6.07) is 7.12. The molecule has 18 heavy (non-hydrogen) atoms. The highest BCUT2D eigenvalue weighted by molar-refractivity contribution is 9.10. The molecular formula is C16H24BrN. The molecule has 0 aliphatic heterocycles. The molecular weight excluding hydrogens is 286 g/mol. The van der Waals surface area contributed by atoms with Crippen molar-refractivity contribution < 1.29 is 0 Å². The van der Waals surface area contributed by atoms with Crippen molar-refractivity contribution in [1.29, 1.82) is 0 Å². The summed E-state index contributed by atoms with van der Waals surface area (Å²) in [7, 11) is 2.10. The first-order valence-corrected chi connectivity index (χ1v) is 7.95. The van der Waals surface area contributed by atoms with Gasteiger partial charge < -0.3 is 5.32 Å². The van der Waals surface area contributed by atoms with Gasteiger partial charge in [-0.25, -0.2) is 0 Å². The van der Waals surface area contributed by atoms with E-state index in [0.717, 1.165) is 5.92 Å². The summed E-state index contributed by atoms with van der Waals surface area (Å²) in [4.78, 5) is 0. The Kier molecular flexibility index (Phi) is 5.25. The summed E-state index contributed by atoms with van der Waals surface area (Å²) in [6.45, 7) is 2.17. The van der Waals surface area contributed by atoms with E-state index in [1.54, 1.807) is 0 Å². The third-order valence-electron chi connectivity index (χ3n) is 4.24. The molecule has 0 spiro atoms. The molecule has 1 atom stereocenters. The van der Waals surface area contributed by atoms with E-state index in [0.29, 0.717) is 6.04 Å². The van der Waals surface area contributed by atoms with Crippen molar-refractivity contribution in [3.05, 3.63) is 33.8 Å². The van der Waals surface area contributed by atoms with Crippen LogP contribution in [0.5, 0.6) is 0 Å². The minimum Gasteiger partial charge on any atom is -0.313 e. The van der Waals surface area contributed by atoms with Crippen LogP contribution in [0.4, 0.5) is 0 Å². The molecule has 1 aliphatic rings. The van der Waals surface area contributed by atoms with Crippen molar-refractivity contribution in [2.24, 2.45) is 5.92 Å². The van der Waals surface area contributed by atoms with E-state index >= 15 is 0 Å². The van der Waals surface area contributed by atoms with Gasteiger partial charge in [-0.05, 0) is 43.9 Å². The molecule has 2 heteroatoms. The molecule has 1 nitrogen and oxygen atoms in total. The molecule has 0 saturated heterocycles. The van der Waals surface area contributed by atoms with Gasteiger partial charge in [-0.3, -0.25) is 0 Å². The quantitative estimate of drug-likeness (QED) is 0.776. The SMILES string of the molecule is CNC(c1cccc(C)c1Br)C1CCCCCC1. The lowest BCUT2D eigenvalue weighted by Crippen LogP contribution is -2.25. The highest BCUT2D eigenvalue weighted by Gasteiger charge is 2.24. The Morgan fingerprint density at radius 3 is 2.44 bits per heavy atom. The van der Waals surface area contributed by atoms with Crippen LogP contribution in [-0.2, 0) is 0 Å². The molecule has 2 rings (SSSR count). The van der Waals surface area contributed by atoms with E-state index in [4.69, 9.17) is 0 Å². The van der Waals surface area contributed by atoms with Crippen LogP contribution in [-0.4, -0.2) is 7.05 Å². The van der Waals surface area contributed by atoms with Gasteiger partial charge in [0, 0.05) is 10.5 Å². The van der Waals surface area contributed by atoms with E-state index in [9.17, 15) is 0 Å². The zero-order valence-electron chi connectivity index (χ0n) is 11.5. The van der Waals surface area contributed by atoms with Gasteiger partial charge in [-0.2, -0.15) is 0 Å². The molecule has 0 amide bonds. The highest BCUT2D eigenvalue weighted by Crippen LogP contribution is 2.37. The van der Waals surface area contributed by atoms with Gasteiger partial charge in [0.05, 0.1) is 0 Å². The molecule has 1 aliphatic carbocycles. The third-order valence-corrected chi connectivity index (χ3v) is 5.32. The highest BCUT2D eigenvalue weighted by atomic mass is 79.9. The van der Waals surface area contributed by atoms with Gasteiger partial charge in [-0.15, -0.1) is 0 Å². The molecule has 1 aromatic carbocycles. The molecule has 1 N–H and O–H groups in total. The molecule has 1 aromatic rings. The lowest BCUT2D eigenvalue weighted by atomic mass is 9.87. The van der Waals surface area contributed by atoms with Crippen molar-refractivity contribution in [1.82, 2.24) is 5.32 Å². The Bertz CT molecular complexity index is 381. The number of hydrogen-bond acceptors (Lipinski definition) is 1. The fourth-order valence-corrected chi connectivity index (χ4v) is 3.71. The van der Waals surface area contributed by atoms with Gasteiger partial charge in [0.1, 0.15) is 0 Å². The fraction of sp³-hybridized carbons (Fsp3) is 0.625. The fourth-order valence-electron chi connectivity index (χ4n) is 3.20. The van der Waals surface area contributed by atoms with Crippen LogP contribution in [0.15, 0.2) is 22.7 Å². The van der Waals surface area contributed by atoms with Crippen LogP contribution in [0.1, 0.15) is 55.7 Å². The Morgan fingerprint density at radius 1 is 1.17 bits per heavy atom. The topological polar surface area (TPSA) is 12.0 Å². The van der Waals surface area contributed by atoms with Crippen LogP contribution < -0.4 is 5.32 Å². The van der Waals surface area contributed by atoms with Gasteiger partial charge in [-0.1, -0.05) is 59.8 Å². The summed E-state index contributed by atoms with van der Waals surface area (Å²) >= 11 is 3.77. The first kappa shape index (κ1) is 14.1. The van der Waals surface area contributed by atoms with Crippen LogP contribution in [0, 0.1) is 12.8 Å². The zero-order chi connectivity index (χ0) is 13.0. The van der Waals surface area contributed by atoms with Gasteiger partial charge in [0.25, 0.3) is 0 Å².